The van der Waals surface area contributed by atoms with Crippen LogP contribution in [0, 0.1) is 5.92 Å². The quantitative estimate of drug-likeness (QED) is 0.852. The van der Waals surface area contributed by atoms with Crippen LogP contribution >= 0.6 is 11.8 Å². The van der Waals surface area contributed by atoms with Gasteiger partial charge in [0.05, 0.1) is 5.69 Å². The van der Waals surface area contributed by atoms with Crippen LogP contribution in [0.2, 0.25) is 0 Å². The molecular weight excluding hydrogens is 306 g/mol. The van der Waals surface area contributed by atoms with Crippen molar-refractivity contribution >= 4 is 11.8 Å². The SMILES string of the molecule is CSc1ccc(-c2cc(C(C)(C)N)c(=O)n(CC(C)C)n2)cc1. The van der Waals surface area contributed by atoms with Gasteiger partial charge in [0.25, 0.3) is 5.56 Å². The molecule has 5 heteroatoms. The molecule has 0 spiro atoms. The van der Waals surface area contributed by atoms with Crippen LogP contribution in [0.4, 0.5) is 0 Å². The van der Waals surface area contributed by atoms with E-state index in [1.807, 2.05) is 38.3 Å². The summed E-state index contributed by atoms with van der Waals surface area (Å²) in [6.45, 7) is 8.43. The normalized spacial score (nSPS) is 12.0. The third kappa shape index (κ3) is 4.24. The van der Waals surface area contributed by atoms with Gasteiger partial charge in [-0.15, -0.1) is 11.8 Å². The Bertz CT molecular complexity index is 727. The van der Waals surface area contributed by atoms with Gasteiger partial charge >= 0.3 is 0 Å². The van der Waals surface area contributed by atoms with Crippen LogP contribution in [-0.4, -0.2) is 16.0 Å². The first-order chi connectivity index (χ1) is 10.7. The summed E-state index contributed by atoms with van der Waals surface area (Å²) in [5.41, 5.74) is 7.77. The van der Waals surface area contributed by atoms with Gasteiger partial charge < -0.3 is 5.73 Å². The first-order valence-corrected chi connectivity index (χ1v) is 9.01. The third-order valence-corrected chi connectivity index (χ3v) is 4.34. The van der Waals surface area contributed by atoms with Crippen molar-refractivity contribution in [2.24, 2.45) is 11.7 Å². The maximum Gasteiger partial charge on any atom is 0.271 e. The number of hydrogen-bond donors (Lipinski definition) is 1. The molecule has 1 heterocycles. The molecule has 0 fully saturated rings. The fourth-order valence-corrected chi connectivity index (χ4v) is 2.78. The first kappa shape index (κ1) is 17.8. The zero-order valence-corrected chi connectivity index (χ0v) is 15.3. The lowest BCUT2D eigenvalue weighted by atomic mass is 9.95. The summed E-state index contributed by atoms with van der Waals surface area (Å²) in [4.78, 5) is 13.9. The van der Waals surface area contributed by atoms with Crippen molar-refractivity contribution in [3.05, 3.63) is 46.2 Å². The molecule has 124 valence electrons. The number of nitrogens with zero attached hydrogens (tertiary/aromatic N) is 2. The number of aromatic nitrogens is 2. The Morgan fingerprint density at radius 1 is 1.26 bits per heavy atom. The Kier molecular flexibility index (Phi) is 5.32. The van der Waals surface area contributed by atoms with Crippen molar-refractivity contribution < 1.29 is 0 Å². The Hall–Kier alpha value is -1.59. The summed E-state index contributed by atoms with van der Waals surface area (Å²) in [6, 6.07) is 10.0. The van der Waals surface area contributed by atoms with Crippen molar-refractivity contribution in [1.82, 2.24) is 9.78 Å². The van der Waals surface area contributed by atoms with E-state index in [4.69, 9.17) is 5.73 Å². The van der Waals surface area contributed by atoms with Crippen molar-refractivity contribution in [1.29, 1.82) is 0 Å². The van der Waals surface area contributed by atoms with Crippen LogP contribution < -0.4 is 11.3 Å². The zero-order chi connectivity index (χ0) is 17.2. The Balaban J connectivity index is 2.60. The van der Waals surface area contributed by atoms with Crippen molar-refractivity contribution in [3.8, 4) is 11.3 Å². The minimum Gasteiger partial charge on any atom is -0.322 e. The molecule has 0 aliphatic carbocycles. The fourth-order valence-electron chi connectivity index (χ4n) is 2.38. The van der Waals surface area contributed by atoms with Gasteiger partial charge in [-0.2, -0.15) is 5.10 Å². The van der Waals surface area contributed by atoms with E-state index in [1.165, 1.54) is 4.90 Å². The van der Waals surface area contributed by atoms with Gasteiger partial charge in [-0.25, -0.2) is 4.68 Å². The topological polar surface area (TPSA) is 60.9 Å². The highest BCUT2D eigenvalue weighted by molar-refractivity contribution is 7.98. The average Bonchev–Trinajstić information content (AvgIpc) is 2.48. The molecule has 2 aromatic rings. The minimum absolute atomic E-state index is 0.101. The zero-order valence-electron chi connectivity index (χ0n) is 14.5. The molecule has 0 amide bonds. The number of thioether (sulfide) groups is 1. The Morgan fingerprint density at radius 2 is 1.87 bits per heavy atom. The lowest BCUT2D eigenvalue weighted by Gasteiger charge is -2.21. The van der Waals surface area contributed by atoms with E-state index in [2.05, 4.69) is 31.1 Å². The lowest BCUT2D eigenvalue weighted by molar-refractivity contribution is 0.448. The van der Waals surface area contributed by atoms with E-state index in [9.17, 15) is 4.79 Å². The average molecular weight is 331 g/mol. The summed E-state index contributed by atoms with van der Waals surface area (Å²) in [5, 5.41) is 4.55. The molecule has 4 nitrogen and oxygen atoms in total. The van der Waals surface area contributed by atoms with Crippen LogP contribution in [0.15, 0.2) is 40.0 Å². The largest absolute Gasteiger partial charge is 0.322 e. The molecule has 0 aliphatic heterocycles. The fraction of sp³-hybridized carbons (Fsp3) is 0.444. The summed E-state index contributed by atoms with van der Waals surface area (Å²) in [6.07, 6.45) is 2.05. The van der Waals surface area contributed by atoms with E-state index in [0.717, 1.165) is 11.3 Å². The van der Waals surface area contributed by atoms with E-state index in [0.29, 0.717) is 18.0 Å². The molecule has 0 radical (unpaired) electrons. The van der Waals surface area contributed by atoms with Gasteiger partial charge in [0, 0.05) is 28.1 Å². The molecule has 2 rings (SSSR count). The summed E-state index contributed by atoms with van der Waals surface area (Å²) in [5.74, 6) is 0.336. The molecule has 1 aromatic carbocycles. The predicted octanol–water partition coefficient (Wildman–Crippen LogP) is 3.48. The molecule has 23 heavy (non-hydrogen) atoms. The monoisotopic (exact) mass is 331 g/mol. The Labute approximate surface area is 142 Å². The number of rotatable bonds is 5. The van der Waals surface area contributed by atoms with Crippen molar-refractivity contribution in [2.75, 3.05) is 6.26 Å². The summed E-state index contributed by atoms with van der Waals surface area (Å²) < 4.78 is 1.55. The molecule has 2 N–H and O–H groups in total. The lowest BCUT2D eigenvalue weighted by Crippen LogP contribution is -2.39. The van der Waals surface area contributed by atoms with Gasteiger partial charge in [-0.3, -0.25) is 4.79 Å². The molecule has 0 aliphatic rings. The van der Waals surface area contributed by atoms with Gasteiger partial charge in [-0.05, 0) is 44.2 Å². The molecule has 1 aromatic heterocycles. The van der Waals surface area contributed by atoms with Gasteiger partial charge in [0.2, 0.25) is 0 Å². The summed E-state index contributed by atoms with van der Waals surface area (Å²) >= 11 is 1.70. The highest BCUT2D eigenvalue weighted by atomic mass is 32.2. The number of nitrogens with two attached hydrogens (primary N) is 1. The van der Waals surface area contributed by atoms with E-state index >= 15 is 0 Å². The number of hydrogen-bond acceptors (Lipinski definition) is 4. The summed E-state index contributed by atoms with van der Waals surface area (Å²) in [7, 11) is 0. The second kappa shape index (κ2) is 6.89. The van der Waals surface area contributed by atoms with Gasteiger partial charge in [0.15, 0.2) is 0 Å². The highest BCUT2D eigenvalue weighted by Crippen LogP contribution is 2.23. The van der Waals surface area contributed by atoms with Crippen LogP contribution in [-0.2, 0) is 12.1 Å². The Morgan fingerprint density at radius 3 is 2.35 bits per heavy atom. The molecule has 0 bridgehead atoms. The standard InChI is InChI=1S/C18H25N3OS/c1-12(2)11-21-17(22)15(18(3,4)19)10-16(20-21)13-6-8-14(23-5)9-7-13/h6-10,12H,11,19H2,1-5H3. The molecule has 0 atom stereocenters. The van der Waals surface area contributed by atoms with Crippen LogP contribution in [0.25, 0.3) is 11.3 Å². The van der Waals surface area contributed by atoms with Crippen LogP contribution in [0.3, 0.4) is 0 Å². The minimum atomic E-state index is -0.702. The van der Waals surface area contributed by atoms with E-state index < -0.39 is 5.54 Å². The highest BCUT2D eigenvalue weighted by Gasteiger charge is 2.22. The van der Waals surface area contributed by atoms with Gasteiger partial charge in [-0.1, -0.05) is 26.0 Å². The van der Waals surface area contributed by atoms with Crippen molar-refractivity contribution in [3.63, 3.8) is 0 Å². The third-order valence-electron chi connectivity index (χ3n) is 3.59. The molecule has 0 saturated heterocycles. The van der Waals surface area contributed by atoms with E-state index in [1.54, 1.807) is 16.4 Å². The number of benzene rings is 1. The second-order valence-electron chi connectivity index (χ2n) is 6.77. The predicted molar refractivity (Wildman–Crippen MR) is 97.8 cm³/mol. The molecule has 0 saturated carbocycles. The van der Waals surface area contributed by atoms with Crippen LogP contribution in [0.1, 0.15) is 33.3 Å². The first-order valence-electron chi connectivity index (χ1n) is 7.78. The maximum atomic E-state index is 12.7. The molecular formula is C18H25N3OS. The second-order valence-corrected chi connectivity index (χ2v) is 7.65. The maximum absolute atomic E-state index is 12.7. The van der Waals surface area contributed by atoms with E-state index in [-0.39, 0.29) is 5.56 Å². The molecule has 0 unspecified atom stereocenters. The van der Waals surface area contributed by atoms with Gasteiger partial charge in [0.1, 0.15) is 0 Å². The smallest absolute Gasteiger partial charge is 0.271 e. The van der Waals surface area contributed by atoms with Crippen molar-refractivity contribution in [2.45, 2.75) is 44.7 Å². The van der Waals surface area contributed by atoms with Crippen LogP contribution in [0.5, 0.6) is 0 Å².